The van der Waals surface area contributed by atoms with Gasteiger partial charge in [-0.15, -0.1) is 0 Å². The average Bonchev–Trinajstić information content (AvgIpc) is 3.33. The smallest absolute Gasteiger partial charge is 0.259 e. The van der Waals surface area contributed by atoms with Gasteiger partial charge in [0.2, 0.25) is 0 Å². The summed E-state index contributed by atoms with van der Waals surface area (Å²) in [7, 11) is 1.58. The molecular formula is C19H19FN4O2. The van der Waals surface area contributed by atoms with Crippen molar-refractivity contribution in [3.05, 3.63) is 59.8 Å². The van der Waals surface area contributed by atoms with Crippen LogP contribution in [0.2, 0.25) is 0 Å². The number of halogens is 1. The Bertz CT molecular complexity index is 864. The van der Waals surface area contributed by atoms with E-state index in [1.165, 1.54) is 12.1 Å². The van der Waals surface area contributed by atoms with Gasteiger partial charge in [-0.2, -0.15) is 4.98 Å². The van der Waals surface area contributed by atoms with Gasteiger partial charge in [0.25, 0.3) is 5.89 Å². The maximum absolute atomic E-state index is 13.2. The van der Waals surface area contributed by atoms with Crippen LogP contribution >= 0.6 is 0 Å². The van der Waals surface area contributed by atoms with Crippen LogP contribution in [0.25, 0.3) is 11.5 Å². The van der Waals surface area contributed by atoms with Gasteiger partial charge in [0.05, 0.1) is 11.6 Å². The van der Waals surface area contributed by atoms with Gasteiger partial charge in [-0.25, -0.2) is 9.37 Å². The third kappa shape index (κ3) is 3.30. The number of anilines is 1. The SMILES string of the molecule is COCc1noc(-c2ccc(N3CCC[C@@H]3c3ccc(F)cc3)nc2)n1. The first-order valence-electron chi connectivity index (χ1n) is 8.54. The van der Waals surface area contributed by atoms with Crippen LogP contribution in [0.1, 0.15) is 30.3 Å². The van der Waals surface area contributed by atoms with E-state index in [0.717, 1.165) is 36.3 Å². The number of aromatic nitrogens is 3. The van der Waals surface area contributed by atoms with Crippen molar-refractivity contribution in [2.75, 3.05) is 18.6 Å². The van der Waals surface area contributed by atoms with Gasteiger partial charge in [-0.05, 0) is 42.7 Å². The van der Waals surface area contributed by atoms with Crippen LogP contribution in [0.3, 0.4) is 0 Å². The van der Waals surface area contributed by atoms with E-state index >= 15 is 0 Å². The fourth-order valence-corrected chi connectivity index (χ4v) is 3.31. The molecule has 0 spiro atoms. The summed E-state index contributed by atoms with van der Waals surface area (Å²) in [6, 6.07) is 10.8. The van der Waals surface area contributed by atoms with Crippen LogP contribution in [0.4, 0.5) is 10.2 Å². The fourth-order valence-electron chi connectivity index (χ4n) is 3.31. The molecule has 0 bridgehead atoms. The molecule has 1 atom stereocenters. The predicted molar refractivity (Wildman–Crippen MR) is 94.0 cm³/mol. The van der Waals surface area contributed by atoms with Gasteiger partial charge in [-0.1, -0.05) is 17.3 Å². The molecule has 7 heteroatoms. The maximum atomic E-state index is 13.2. The first-order valence-corrected chi connectivity index (χ1v) is 8.54. The molecule has 4 rings (SSSR count). The number of ether oxygens (including phenoxy) is 1. The summed E-state index contributed by atoms with van der Waals surface area (Å²) in [5, 5.41) is 3.86. The van der Waals surface area contributed by atoms with Crippen LogP contribution in [-0.2, 0) is 11.3 Å². The van der Waals surface area contributed by atoms with Gasteiger partial charge in [-0.3, -0.25) is 0 Å². The van der Waals surface area contributed by atoms with Crippen molar-refractivity contribution >= 4 is 5.82 Å². The van der Waals surface area contributed by atoms with Gasteiger partial charge < -0.3 is 14.2 Å². The number of benzene rings is 1. The summed E-state index contributed by atoms with van der Waals surface area (Å²) in [6.07, 6.45) is 3.84. The Morgan fingerprint density at radius 1 is 1.23 bits per heavy atom. The summed E-state index contributed by atoms with van der Waals surface area (Å²) in [5.41, 5.74) is 1.87. The van der Waals surface area contributed by atoms with Crippen molar-refractivity contribution < 1.29 is 13.7 Å². The Morgan fingerprint density at radius 3 is 2.81 bits per heavy atom. The molecule has 1 aliphatic heterocycles. The average molecular weight is 354 g/mol. The highest BCUT2D eigenvalue weighted by Crippen LogP contribution is 2.35. The molecule has 134 valence electrons. The molecule has 0 radical (unpaired) electrons. The summed E-state index contributed by atoms with van der Waals surface area (Å²) in [5.74, 6) is 1.60. The Balaban J connectivity index is 1.54. The number of hydrogen-bond acceptors (Lipinski definition) is 6. The molecule has 0 aliphatic carbocycles. The highest BCUT2D eigenvalue weighted by atomic mass is 19.1. The fraction of sp³-hybridized carbons (Fsp3) is 0.316. The summed E-state index contributed by atoms with van der Waals surface area (Å²) < 4.78 is 23.4. The number of hydrogen-bond donors (Lipinski definition) is 0. The van der Waals surface area contributed by atoms with Crippen molar-refractivity contribution in [3.63, 3.8) is 0 Å². The number of nitrogens with zero attached hydrogens (tertiary/aromatic N) is 4. The molecule has 1 saturated heterocycles. The zero-order valence-corrected chi connectivity index (χ0v) is 14.4. The molecule has 0 saturated carbocycles. The molecule has 6 nitrogen and oxygen atoms in total. The highest BCUT2D eigenvalue weighted by Gasteiger charge is 2.27. The minimum Gasteiger partial charge on any atom is -0.377 e. The lowest BCUT2D eigenvalue weighted by molar-refractivity contribution is 0.174. The van der Waals surface area contributed by atoms with Crippen LogP contribution in [0.15, 0.2) is 47.1 Å². The van der Waals surface area contributed by atoms with E-state index in [1.54, 1.807) is 13.3 Å². The van der Waals surface area contributed by atoms with E-state index in [0.29, 0.717) is 18.3 Å². The molecule has 1 fully saturated rings. The second kappa shape index (κ2) is 7.21. The van der Waals surface area contributed by atoms with E-state index < -0.39 is 0 Å². The summed E-state index contributed by atoms with van der Waals surface area (Å²) in [4.78, 5) is 11.1. The largest absolute Gasteiger partial charge is 0.377 e. The standard InChI is InChI=1S/C19H19FN4O2/c1-25-12-17-22-19(26-23-17)14-6-9-18(21-11-14)24-10-2-3-16(24)13-4-7-15(20)8-5-13/h4-9,11,16H,2-3,10,12H2,1H3/t16-/m1/s1. The normalized spacial score (nSPS) is 17.0. The van der Waals surface area contributed by atoms with Crippen molar-refractivity contribution in [2.24, 2.45) is 0 Å². The lowest BCUT2D eigenvalue weighted by Crippen LogP contribution is -2.23. The minimum absolute atomic E-state index is 0.214. The number of methoxy groups -OCH3 is 1. The Labute approximate surface area is 150 Å². The highest BCUT2D eigenvalue weighted by molar-refractivity contribution is 5.55. The summed E-state index contributed by atoms with van der Waals surface area (Å²) in [6.45, 7) is 1.23. The second-order valence-corrected chi connectivity index (χ2v) is 6.26. The molecule has 26 heavy (non-hydrogen) atoms. The Hall–Kier alpha value is -2.80. The molecule has 3 aromatic rings. The second-order valence-electron chi connectivity index (χ2n) is 6.26. The monoisotopic (exact) mass is 354 g/mol. The van der Waals surface area contributed by atoms with Gasteiger partial charge in [0.1, 0.15) is 18.2 Å². The first kappa shape index (κ1) is 16.7. The molecular weight excluding hydrogens is 335 g/mol. The number of rotatable bonds is 5. The van der Waals surface area contributed by atoms with E-state index in [4.69, 9.17) is 9.26 Å². The van der Waals surface area contributed by atoms with Crippen molar-refractivity contribution in [1.29, 1.82) is 0 Å². The van der Waals surface area contributed by atoms with Crippen molar-refractivity contribution in [3.8, 4) is 11.5 Å². The Kier molecular flexibility index (Phi) is 4.62. The summed E-state index contributed by atoms with van der Waals surface area (Å²) >= 11 is 0. The molecule has 1 aromatic carbocycles. The third-order valence-electron chi connectivity index (χ3n) is 4.54. The molecule has 3 heterocycles. The van der Waals surface area contributed by atoms with Crippen LogP contribution < -0.4 is 4.90 Å². The molecule has 2 aromatic heterocycles. The van der Waals surface area contributed by atoms with Crippen LogP contribution in [0.5, 0.6) is 0 Å². The van der Waals surface area contributed by atoms with Crippen molar-refractivity contribution in [1.82, 2.24) is 15.1 Å². The molecule has 0 unspecified atom stereocenters. The van der Waals surface area contributed by atoms with Gasteiger partial charge in [0, 0.05) is 19.9 Å². The van der Waals surface area contributed by atoms with E-state index in [9.17, 15) is 4.39 Å². The quantitative estimate of drug-likeness (QED) is 0.695. The third-order valence-corrected chi connectivity index (χ3v) is 4.54. The first-order chi connectivity index (χ1) is 12.7. The molecule has 0 amide bonds. The molecule has 0 N–H and O–H groups in total. The molecule has 1 aliphatic rings. The Morgan fingerprint density at radius 2 is 2.08 bits per heavy atom. The zero-order chi connectivity index (χ0) is 17.9. The van der Waals surface area contributed by atoms with E-state index in [2.05, 4.69) is 20.0 Å². The van der Waals surface area contributed by atoms with Crippen LogP contribution in [0, 0.1) is 5.82 Å². The number of pyridine rings is 1. The van der Waals surface area contributed by atoms with Crippen LogP contribution in [-0.4, -0.2) is 28.8 Å². The maximum Gasteiger partial charge on any atom is 0.259 e. The lowest BCUT2D eigenvalue weighted by Gasteiger charge is -2.26. The topological polar surface area (TPSA) is 64.3 Å². The zero-order valence-electron chi connectivity index (χ0n) is 14.4. The predicted octanol–water partition coefficient (Wildman–Crippen LogP) is 3.76. The lowest BCUT2D eigenvalue weighted by atomic mass is 10.0. The minimum atomic E-state index is -0.215. The van der Waals surface area contributed by atoms with Gasteiger partial charge >= 0.3 is 0 Å². The van der Waals surface area contributed by atoms with E-state index in [-0.39, 0.29) is 11.9 Å². The van der Waals surface area contributed by atoms with E-state index in [1.807, 2.05) is 24.3 Å². The van der Waals surface area contributed by atoms with Crippen molar-refractivity contribution in [2.45, 2.75) is 25.5 Å². The van der Waals surface area contributed by atoms with Gasteiger partial charge in [0.15, 0.2) is 5.82 Å².